The van der Waals surface area contributed by atoms with Crippen molar-refractivity contribution in [2.24, 2.45) is 0 Å². The summed E-state index contributed by atoms with van der Waals surface area (Å²) in [6, 6.07) is 3.75. The zero-order valence-electron chi connectivity index (χ0n) is 7.85. The fraction of sp³-hybridized carbons (Fsp3) is 0.300. The predicted octanol–water partition coefficient (Wildman–Crippen LogP) is 2.42. The van der Waals surface area contributed by atoms with Crippen LogP contribution >= 0.6 is 0 Å². The zero-order valence-corrected chi connectivity index (χ0v) is 6.85. The van der Waals surface area contributed by atoms with Crippen LogP contribution in [0.2, 0.25) is 0 Å². The summed E-state index contributed by atoms with van der Waals surface area (Å²) in [5, 5.41) is 0. The van der Waals surface area contributed by atoms with Crippen LogP contribution in [0.3, 0.4) is 0 Å². The molecule has 0 aliphatic rings. The molecule has 0 bridgehead atoms. The van der Waals surface area contributed by atoms with Crippen molar-refractivity contribution in [3.05, 3.63) is 34.4 Å². The van der Waals surface area contributed by atoms with Gasteiger partial charge >= 0.3 is 0 Å². The number of hydrogen-bond acceptors (Lipinski definition) is 1. The van der Waals surface area contributed by atoms with Crippen LogP contribution in [0.25, 0.3) is 0 Å². The van der Waals surface area contributed by atoms with Crippen LogP contribution in [0.5, 0.6) is 0 Å². The summed E-state index contributed by atoms with van der Waals surface area (Å²) in [6.45, 7) is 4.11. The van der Waals surface area contributed by atoms with Crippen LogP contribution < -0.4 is 0 Å². The highest BCUT2D eigenvalue weighted by molar-refractivity contribution is 5.77. The van der Waals surface area contributed by atoms with Crippen molar-refractivity contribution >= 4 is 6.29 Å². The molecule has 1 heteroatoms. The molecule has 0 atom stereocenters. The number of benzene rings is 1. The van der Waals surface area contributed by atoms with Gasteiger partial charge in [-0.15, -0.1) is 0 Å². The van der Waals surface area contributed by atoms with Gasteiger partial charge in [-0.25, -0.2) is 0 Å². The summed E-state index contributed by atoms with van der Waals surface area (Å²) >= 11 is 0. The second kappa shape index (κ2) is 2.87. The highest BCUT2D eigenvalue weighted by Gasteiger charge is 1.98. The highest BCUT2D eigenvalue weighted by atomic mass is 16.1. The van der Waals surface area contributed by atoms with E-state index in [0.717, 1.165) is 23.0 Å². The van der Waals surface area contributed by atoms with E-state index in [1.165, 1.54) is 0 Å². The Labute approximate surface area is 68.5 Å². The quantitative estimate of drug-likeness (QED) is 0.559. The van der Waals surface area contributed by atoms with Crippen molar-refractivity contribution in [2.45, 2.75) is 20.7 Å². The molecule has 0 N–H and O–H groups in total. The maximum atomic E-state index is 10.5. The first kappa shape index (κ1) is 6.59. The van der Waals surface area contributed by atoms with E-state index in [0.29, 0.717) is 5.56 Å². The van der Waals surface area contributed by atoms with Gasteiger partial charge in [0.2, 0.25) is 0 Å². The van der Waals surface area contributed by atoms with Gasteiger partial charge in [0, 0.05) is 6.93 Å². The molecule has 0 radical (unpaired) electrons. The summed E-state index contributed by atoms with van der Waals surface area (Å²) in [7, 11) is 0. The number of carbonyl (C=O) groups is 1. The largest absolute Gasteiger partial charge is 0.298 e. The molecule has 0 spiro atoms. The Bertz CT molecular complexity index is 305. The van der Waals surface area contributed by atoms with Gasteiger partial charge in [-0.1, -0.05) is 6.07 Å². The first-order chi connectivity index (χ1) is 5.69. The predicted molar refractivity (Wildman–Crippen MR) is 46.0 cm³/mol. The minimum atomic E-state index is 0.243. The van der Waals surface area contributed by atoms with Crippen molar-refractivity contribution < 1.29 is 6.17 Å². The molecule has 0 saturated heterocycles. The molecule has 1 rings (SSSR count). The third-order valence-electron chi connectivity index (χ3n) is 1.85. The number of aldehydes is 1. The lowest BCUT2D eigenvalue weighted by Crippen LogP contribution is -1.90. The lowest BCUT2D eigenvalue weighted by molar-refractivity contribution is 0.112. The van der Waals surface area contributed by atoms with Crippen LogP contribution in [-0.2, 0) is 0 Å². The molecule has 58 valence electrons. The van der Waals surface area contributed by atoms with Crippen molar-refractivity contribution in [2.75, 3.05) is 0 Å². The van der Waals surface area contributed by atoms with Gasteiger partial charge in [0.25, 0.3) is 0 Å². The monoisotopic (exact) mass is 148 g/mol. The summed E-state index contributed by atoms with van der Waals surface area (Å²) < 4.78 is 7.21. The third kappa shape index (κ3) is 1.48. The Morgan fingerprint density at radius 3 is 2.55 bits per heavy atom. The summed E-state index contributed by atoms with van der Waals surface area (Å²) in [5.41, 5.74) is 3.71. The maximum absolute atomic E-state index is 10.5. The molecule has 1 aromatic carbocycles. The minimum absolute atomic E-state index is 0.243. The number of aryl methyl sites for hydroxylation is 3. The van der Waals surface area contributed by atoms with Gasteiger partial charge < -0.3 is 0 Å². The average molecular weight is 148 g/mol. The van der Waals surface area contributed by atoms with E-state index in [1.807, 2.05) is 19.9 Å². The lowest BCUT2D eigenvalue weighted by Gasteiger charge is -2.03. The van der Waals surface area contributed by atoms with Crippen molar-refractivity contribution in [1.82, 2.24) is 0 Å². The van der Waals surface area contributed by atoms with E-state index in [1.54, 1.807) is 6.07 Å². The molecule has 0 amide bonds. The summed E-state index contributed by atoms with van der Waals surface area (Å²) in [6.07, 6.45) is 0.841. The molecule has 1 nitrogen and oxygen atoms in total. The van der Waals surface area contributed by atoms with Crippen LogP contribution in [0.1, 0.15) is 28.4 Å². The number of rotatable bonds is 1. The van der Waals surface area contributed by atoms with E-state index in [9.17, 15) is 4.79 Å². The molecular weight excluding hydrogens is 136 g/mol. The molecule has 0 saturated carbocycles. The van der Waals surface area contributed by atoms with Gasteiger partial charge in [-0.3, -0.25) is 4.79 Å². The first-order valence-electron chi connectivity index (χ1n) is 4.24. The van der Waals surface area contributed by atoms with E-state index in [2.05, 4.69) is 0 Å². The van der Waals surface area contributed by atoms with Gasteiger partial charge in [-0.05, 0) is 43.5 Å². The van der Waals surface area contributed by atoms with Gasteiger partial charge in [0.05, 0.1) is 0 Å². The molecule has 11 heavy (non-hydrogen) atoms. The summed E-state index contributed by atoms with van der Waals surface area (Å²) in [4.78, 5) is 10.5. The second-order valence-electron chi connectivity index (χ2n) is 2.75. The third-order valence-corrected chi connectivity index (χ3v) is 1.85. The Morgan fingerprint density at radius 2 is 2.00 bits per heavy atom. The molecule has 0 aliphatic carbocycles. The normalized spacial score (nSPS) is 10.9. The Morgan fingerprint density at radius 1 is 1.27 bits per heavy atom. The zero-order chi connectivity index (χ0) is 9.14. The molecular formula is C10H12O. The van der Waals surface area contributed by atoms with Crippen molar-refractivity contribution in [3.63, 3.8) is 0 Å². The number of hydrogen-bond donors (Lipinski definition) is 0. The molecule has 0 fully saturated rings. The van der Waals surface area contributed by atoms with Gasteiger partial charge in [0.15, 0.2) is 0 Å². The highest BCUT2D eigenvalue weighted by Crippen LogP contribution is 2.12. The fourth-order valence-electron chi connectivity index (χ4n) is 1.04. The Kier molecular flexibility index (Phi) is 1.72. The lowest BCUT2D eigenvalue weighted by atomic mass is 10.0. The smallest absolute Gasteiger partial charge is 0.150 e. The van der Waals surface area contributed by atoms with E-state index in [-0.39, 0.29) is 6.90 Å². The van der Waals surface area contributed by atoms with Gasteiger partial charge in [-0.2, -0.15) is 0 Å². The van der Waals surface area contributed by atoms with E-state index in [4.69, 9.17) is 1.37 Å². The minimum Gasteiger partial charge on any atom is -0.298 e. The van der Waals surface area contributed by atoms with Gasteiger partial charge in [0.1, 0.15) is 6.29 Å². The molecule has 1 aromatic rings. The number of carbonyl (C=O) groups excluding carboxylic acids is 1. The second-order valence-corrected chi connectivity index (χ2v) is 2.75. The Balaban J connectivity index is 3.26. The summed E-state index contributed by atoms with van der Waals surface area (Å²) in [5.74, 6) is 0. The molecule has 0 aliphatic heterocycles. The van der Waals surface area contributed by atoms with Crippen LogP contribution in [0.15, 0.2) is 12.1 Å². The Hall–Kier alpha value is -1.11. The maximum Gasteiger partial charge on any atom is 0.150 e. The van der Waals surface area contributed by atoms with Crippen LogP contribution in [0, 0.1) is 20.7 Å². The molecule has 0 aromatic heterocycles. The molecule has 0 unspecified atom stereocenters. The SMILES string of the molecule is [1H]Cc1cc(C=O)c(C)cc1C. The fourth-order valence-corrected chi connectivity index (χ4v) is 1.04. The van der Waals surface area contributed by atoms with Crippen LogP contribution in [-0.4, -0.2) is 6.29 Å². The first-order valence-corrected chi connectivity index (χ1v) is 3.53. The standard InChI is InChI=1S/C10H12O/c1-7-4-9(3)10(6-11)5-8(7)2/h4-6H,1-3H3/i2H. The van der Waals surface area contributed by atoms with Crippen molar-refractivity contribution in [1.29, 1.82) is 0 Å². The van der Waals surface area contributed by atoms with Crippen molar-refractivity contribution in [3.8, 4) is 0 Å². The topological polar surface area (TPSA) is 17.1 Å². The molecule has 0 heterocycles. The van der Waals surface area contributed by atoms with E-state index < -0.39 is 0 Å². The van der Waals surface area contributed by atoms with E-state index >= 15 is 0 Å². The average Bonchev–Trinajstić information content (AvgIpc) is 2.05. The van der Waals surface area contributed by atoms with Crippen LogP contribution in [0.4, 0.5) is 0 Å².